The maximum absolute atomic E-state index is 12.6. The van der Waals surface area contributed by atoms with Crippen LogP contribution in [0.2, 0.25) is 0 Å². The van der Waals surface area contributed by atoms with Gasteiger partial charge in [0.25, 0.3) is 5.91 Å². The van der Waals surface area contributed by atoms with Crippen LogP contribution in [-0.2, 0) is 6.18 Å². The molecule has 1 aromatic rings. The van der Waals surface area contributed by atoms with Crippen LogP contribution >= 0.6 is 0 Å². The predicted octanol–water partition coefficient (Wildman–Crippen LogP) is 2.36. The van der Waals surface area contributed by atoms with Crippen molar-refractivity contribution in [2.24, 2.45) is 5.73 Å². The van der Waals surface area contributed by atoms with Crippen molar-refractivity contribution in [3.8, 4) is 0 Å². The number of hydrogen-bond donors (Lipinski definition) is 3. The monoisotopic (exact) mass is 301 g/mol. The van der Waals surface area contributed by atoms with Gasteiger partial charge in [-0.2, -0.15) is 13.2 Å². The van der Waals surface area contributed by atoms with Crippen LogP contribution < -0.4 is 16.4 Å². The first-order chi connectivity index (χ1) is 9.88. The van der Waals surface area contributed by atoms with Gasteiger partial charge < -0.3 is 16.4 Å². The van der Waals surface area contributed by atoms with Crippen LogP contribution in [0, 0.1) is 0 Å². The van der Waals surface area contributed by atoms with Gasteiger partial charge >= 0.3 is 6.18 Å². The van der Waals surface area contributed by atoms with Crippen LogP contribution in [0.25, 0.3) is 0 Å². The van der Waals surface area contributed by atoms with Crippen molar-refractivity contribution < 1.29 is 18.0 Å². The van der Waals surface area contributed by atoms with Gasteiger partial charge in [-0.3, -0.25) is 4.79 Å². The standard InChI is InChI=1S/C14H18F3N3O/c15-14(16,17)9-3-4-12(11(8-9)13(18)21)20-7-5-10-2-1-6-19-10/h3-4,8,10,19-20H,1-2,5-7H2,(H2,18,21)/t10-/m0/s1. The third kappa shape index (κ3) is 4.10. The highest BCUT2D eigenvalue weighted by Gasteiger charge is 2.31. The Kier molecular flexibility index (Phi) is 4.72. The van der Waals surface area contributed by atoms with Crippen molar-refractivity contribution in [1.29, 1.82) is 0 Å². The number of nitrogens with two attached hydrogens (primary N) is 1. The quantitative estimate of drug-likeness (QED) is 0.782. The minimum absolute atomic E-state index is 0.135. The Bertz CT molecular complexity index is 511. The molecule has 1 atom stereocenters. The zero-order valence-corrected chi connectivity index (χ0v) is 11.5. The molecule has 2 rings (SSSR count). The van der Waals surface area contributed by atoms with Gasteiger partial charge in [-0.05, 0) is 44.0 Å². The summed E-state index contributed by atoms with van der Waals surface area (Å²) in [5.74, 6) is -0.873. The highest BCUT2D eigenvalue weighted by Crippen LogP contribution is 2.31. The largest absolute Gasteiger partial charge is 0.416 e. The molecule has 116 valence electrons. The van der Waals surface area contributed by atoms with Gasteiger partial charge in [-0.1, -0.05) is 0 Å². The fourth-order valence-corrected chi connectivity index (χ4v) is 2.46. The van der Waals surface area contributed by atoms with Gasteiger partial charge in [0, 0.05) is 18.3 Å². The third-order valence-electron chi connectivity index (χ3n) is 3.58. The number of carbonyl (C=O) groups is 1. The zero-order chi connectivity index (χ0) is 15.5. The van der Waals surface area contributed by atoms with E-state index in [9.17, 15) is 18.0 Å². The average molecular weight is 301 g/mol. The molecule has 0 spiro atoms. The number of halogens is 3. The molecule has 0 unspecified atom stereocenters. The van der Waals surface area contributed by atoms with Gasteiger partial charge in [-0.15, -0.1) is 0 Å². The van der Waals surface area contributed by atoms with Gasteiger partial charge in [0.1, 0.15) is 0 Å². The molecule has 1 aliphatic heterocycles. The SMILES string of the molecule is NC(=O)c1cc(C(F)(F)F)ccc1NCC[C@@H]1CCCN1. The van der Waals surface area contributed by atoms with E-state index in [1.807, 2.05) is 0 Å². The average Bonchev–Trinajstić information content (AvgIpc) is 2.90. The van der Waals surface area contributed by atoms with Gasteiger partial charge in [-0.25, -0.2) is 0 Å². The molecular weight excluding hydrogens is 283 g/mol. The summed E-state index contributed by atoms with van der Waals surface area (Å²) >= 11 is 0. The van der Waals surface area contributed by atoms with E-state index in [0.29, 0.717) is 18.3 Å². The first-order valence-corrected chi connectivity index (χ1v) is 6.86. The maximum Gasteiger partial charge on any atom is 0.416 e. The molecule has 0 radical (unpaired) electrons. The van der Waals surface area contributed by atoms with Crippen LogP contribution in [0.3, 0.4) is 0 Å². The van der Waals surface area contributed by atoms with Crippen LogP contribution in [-0.4, -0.2) is 25.0 Å². The van der Waals surface area contributed by atoms with Crippen molar-refractivity contribution in [3.05, 3.63) is 29.3 Å². The second-order valence-electron chi connectivity index (χ2n) is 5.13. The van der Waals surface area contributed by atoms with E-state index in [1.165, 1.54) is 6.07 Å². The number of carbonyl (C=O) groups excluding carboxylic acids is 1. The molecule has 0 bridgehead atoms. The van der Waals surface area contributed by atoms with Crippen LogP contribution in [0.4, 0.5) is 18.9 Å². The molecule has 1 amide bonds. The van der Waals surface area contributed by atoms with Gasteiger partial charge in [0.2, 0.25) is 0 Å². The molecule has 0 aliphatic carbocycles. The van der Waals surface area contributed by atoms with Crippen LogP contribution in [0.15, 0.2) is 18.2 Å². The Labute approximate surface area is 120 Å². The minimum Gasteiger partial charge on any atom is -0.384 e. The number of primary amides is 1. The highest BCUT2D eigenvalue weighted by atomic mass is 19.4. The zero-order valence-electron chi connectivity index (χ0n) is 11.5. The number of alkyl halides is 3. The number of rotatable bonds is 5. The first kappa shape index (κ1) is 15.6. The molecule has 1 heterocycles. The van der Waals surface area contributed by atoms with Crippen molar-refractivity contribution in [2.45, 2.75) is 31.5 Å². The molecular formula is C14H18F3N3O. The first-order valence-electron chi connectivity index (χ1n) is 6.86. The summed E-state index contributed by atoms with van der Waals surface area (Å²) in [5.41, 5.74) is 4.49. The summed E-state index contributed by atoms with van der Waals surface area (Å²) < 4.78 is 37.9. The van der Waals surface area contributed by atoms with Crippen LogP contribution in [0.5, 0.6) is 0 Å². The predicted molar refractivity (Wildman–Crippen MR) is 74.1 cm³/mol. The molecule has 0 aromatic heterocycles. The fraction of sp³-hybridized carbons (Fsp3) is 0.500. The Morgan fingerprint density at radius 2 is 2.19 bits per heavy atom. The van der Waals surface area contributed by atoms with E-state index in [4.69, 9.17) is 5.73 Å². The summed E-state index contributed by atoms with van der Waals surface area (Å²) in [4.78, 5) is 11.3. The van der Waals surface area contributed by atoms with Crippen molar-refractivity contribution in [3.63, 3.8) is 0 Å². The van der Waals surface area contributed by atoms with E-state index in [0.717, 1.165) is 37.9 Å². The maximum atomic E-state index is 12.6. The topological polar surface area (TPSA) is 67.2 Å². The fourth-order valence-electron chi connectivity index (χ4n) is 2.46. The number of anilines is 1. The molecule has 0 saturated carbocycles. The van der Waals surface area contributed by atoms with E-state index in [1.54, 1.807) is 0 Å². The Hall–Kier alpha value is -1.76. The molecule has 1 aromatic carbocycles. The molecule has 1 fully saturated rings. The van der Waals surface area contributed by atoms with E-state index >= 15 is 0 Å². The molecule has 21 heavy (non-hydrogen) atoms. The second-order valence-corrected chi connectivity index (χ2v) is 5.13. The third-order valence-corrected chi connectivity index (χ3v) is 3.58. The van der Waals surface area contributed by atoms with Crippen LogP contribution in [0.1, 0.15) is 35.2 Å². The number of nitrogens with one attached hydrogen (secondary N) is 2. The van der Waals surface area contributed by atoms with Crippen molar-refractivity contribution in [1.82, 2.24) is 5.32 Å². The minimum atomic E-state index is -4.49. The van der Waals surface area contributed by atoms with E-state index in [2.05, 4.69) is 10.6 Å². The van der Waals surface area contributed by atoms with Gasteiger partial charge in [0.05, 0.1) is 11.1 Å². The summed E-state index contributed by atoms with van der Waals surface area (Å²) in [6.07, 6.45) is -1.41. The lowest BCUT2D eigenvalue weighted by molar-refractivity contribution is -0.137. The molecule has 1 aliphatic rings. The lowest BCUT2D eigenvalue weighted by Crippen LogP contribution is -2.24. The Morgan fingerprint density at radius 1 is 1.43 bits per heavy atom. The number of amides is 1. The van der Waals surface area contributed by atoms with Crippen molar-refractivity contribution >= 4 is 11.6 Å². The Morgan fingerprint density at radius 3 is 2.76 bits per heavy atom. The second kappa shape index (κ2) is 6.34. The molecule has 4 nitrogen and oxygen atoms in total. The molecule has 7 heteroatoms. The lowest BCUT2D eigenvalue weighted by atomic mass is 10.1. The highest BCUT2D eigenvalue weighted by molar-refractivity contribution is 5.98. The van der Waals surface area contributed by atoms with Gasteiger partial charge in [0.15, 0.2) is 0 Å². The van der Waals surface area contributed by atoms with E-state index < -0.39 is 17.6 Å². The summed E-state index contributed by atoms with van der Waals surface area (Å²) in [5, 5.41) is 6.32. The number of hydrogen-bond acceptors (Lipinski definition) is 3. The molecule has 1 saturated heterocycles. The summed E-state index contributed by atoms with van der Waals surface area (Å²) in [6.45, 7) is 1.57. The van der Waals surface area contributed by atoms with Crippen molar-refractivity contribution in [2.75, 3.05) is 18.4 Å². The summed E-state index contributed by atoms with van der Waals surface area (Å²) in [6, 6.07) is 3.41. The lowest BCUT2D eigenvalue weighted by Gasteiger charge is -2.15. The number of benzene rings is 1. The summed E-state index contributed by atoms with van der Waals surface area (Å²) in [7, 11) is 0. The van der Waals surface area contributed by atoms with E-state index in [-0.39, 0.29) is 5.56 Å². The Balaban J connectivity index is 2.05. The smallest absolute Gasteiger partial charge is 0.384 e. The molecule has 4 N–H and O–H groups in total. The normalized spacial score (nSPS) is 18.7.